The van der Waals surface area contributed by atoms with Gasteiger partial charge >= 0.3 is 0 Å². The maximum absolute atomic E-state index is 6.10. The van der Waals surface area contributed by atoms with Crippen LogP contribution in [0.3, 0.4) is 0 Å². The molecule has 0 bridgehead atoms. The third-order valence-electron chi connectivity index (χ3n) is 4.20. The number of hydrogen-bond donors (Lipinski definition) is 1. The van der Waals surface area contributed by atoms with E-state index in [4.69, 9.17) is 21.5 Å². The Morgan fingerprint density at radius 1 is 0.586 bits per heavy atom. The molecule has 0 aliphatic heterocycles. The summed E-state index contributed by atoms with van der Waals surface area (Å²) in [6, 6.07) is 23.0. The lowest BCUT2D eigenvalue weighted by atomic mass is 9.94. The Hall–Kier alpha value is -1.96. The van der Waals surface area contributed by atoms with Crippen LogP contribution in [0.4, 0.5) is 0 Å². The van der Waals surface area contributed by atoms with Crippen molar-refractivity contribution in [2.75, 3.05) is 0 Å². The van der Waals surface area contributed by atoms with E-state index in [0.29, 0.717) is 0 Å². The minimum absolute atomic E-state index is 0.930. The van der Waals surface area contributed by atoms with Crippen molar-refractivity contribution < 1.29 is 8.85 Å². The maximum Gasteiger partial charge on any atom is 0.242 e. The first-order chi connectivity index (χ1) is 13.5. The Balaban J connectivity index is 1.96. The minimum atomic E-state index is -1.62. The smallest absolute Gasteiger partial charge is 0.242 e. The van der Waals surface area contributed by atoms with Crippen LogP contribution in [-0.2, 0) is 0 Å². The normalized spacial score (nSPS) is 12.0. The molecule has 0 unspecified atom stereocenters. The lowest BCUT2D eigenvalue weighted by molar-refractivity contribution is 0.557. The van der Waals surface area contributed by atoms with E-state index in [9.17, 15) is 0 Å². The Bertz CT molecular complexity index is 970. The van der Waals surface area contributed by atoms with Gasteiger partial charge in [0.1, 0.15) is 11.5 Å². The molecule has 5 heteroatoms. The molecule has 0 saturated heterocycles. The van der Waals surface area contributed by atoms with Gasteiger partial charge in [0.15, 0.2) is 0 Å². The molecule has 0 aliphatic rings. The molecule has 0 heterocycles. The largest absolute Gasteiger partial charge is 0.544 e. The van der Waals surface area contributed by atoms with Crippen LogP contribution in [0.1, 0.15) is 0 Å². The molecule has 0 amide bonds. The van der Waals surface area contributed by atoms with Gasteiger partial charge in [-0.15, -0.1) is 12.6 Å². The molecule has 3 aromatic rings. The second-order valence-corrected chi connectivity index (χ2v) is 18.5. The molecule has 0 spiro atoms. The monoisotopic (exact) mass is 438 g/mol. The molecule has 29 heavy (non-hydrogen) atoms. The van der Waals surface area contributed by atoms with Gasteiger partial charge in [0.05, 0.1) is 0 Å². The van der Waals surface area contributed by atoms with Crippen LogP contribution in [0.5, 0.6) is 11.5 Å². The van der Waals surface area contributed by atoms with Crippen LogP contribution in [0, 0.1) is 0 Å². The second kappa shape index (κ2) is 8.42. The van der Waals surface area contributed by atoms with Gasteiger partial charge in [-0.05, 0) is 86.3 Å². The highest BCUT2D eigenvalue weighted by Crippen LogP contribution is 2.38. The van der Waals surface area contributed by atoms with E-state index in [2.05, 4.69) is 99.9 Å². The minimum Gasteiger partial charge on any atom is -0.544 e. The van der Waals surface area contributed by atoms with Crippen LogP contribution in [0.2, 0.25) is 39.3 Å². The quantitative estimate of drug-likeness (QED) is 0.313. The summed E-state index contributed by atoms with van der Waals surface area (Å²) in [7, 11) is -3.23. The predicted octanol–water partition coefficient (Wildman–Crippen LogP) is 7.74. The van der Waals surface area contributed by atoms with E-state index in [-0.39, 0.29) is 0 Å². The number of hydrogen-bond acceptors (Lipinski definition) is 3. The van der Waals surface area contributed by atoms with E-state index in [1.807, 2.05) is 6.07 Å². The number of benzene rings is 3. The second-order valence-electron chi connectivity index (χ2n) is 9.18. The van der Waals surface area contributed by atoms with Gasteiger partial charge in [0.25, 0.3) is 0 Å². The van der Waals surface area contributed by atoms with Crippen molar-refractivity contribution in [2.24, 2.45) is 0 Å². The molecule has 3 aromatic carbocycles. The van der Waals surface area contributed by atoms with Crippen molar-refractivity contribution in [3.05, 3.63) is 66.7 Å². The Morgan fingerprint density at radius 2 is 1.03 bits per heavy atom. The van der Waals surface area contributed by atoms with E-state index in [0.717, 1.165) is 38.6 Å². The SMILES string of the molecule is C[Si](C)(C)Oc1ccc(-c2cccc(S)c2-c2ccc(O[Si](C)(C)C)cc2)cc1. The lowest BCUT2D eigenvalue weighted by Crippen LogP contribution is -2.29. The van der Waals surface area contributed by atoms with Gasteiger partial charge in [-0.2, -0.15) is 0 Å². The van der Waals surface area contributed by atoms with E-state index in [1.54, 1.807) is 0 Å². The predicted molar refractivity (Wildman–Crippen MR) is 133 cm³/mol. The number of thiol groups is 1. The van der Waals surface area contributed by atoms with Crippen molar-refractivity contribution in [1.82, 2.24) is 0 Å². The molecule has 0 aromatic heterocycles. The third kappa shape index (κ3) is 6.01. The Morgan fingerprint density at radius 3 is 1.48 bits per heavy atom. The zero-order chi connectivity index (χ0) is 21.2. The van der Waals surface area contributed by atoms with Crippen LogP contribution < -0.4 is 8.85 Å². The highest BCUT2D eigenvalue weighted by molar-refractivity contribution is 7.80. The van der Waals surface area contributed by atoms with Crippen molar-refractivity contribution >= 4 is 29.3 Å². The summed E-state index contributed by atoms with van der Waals surface area (Å²) < 4.78 is 12.2. The Labute approximate surface area is 182 Å². The highest BCUT2D eigenvalue weighted by Gasteiger charge is 2.18. The van der Waals surface area contributed by atoms with Crippen molar-refractivity contribution in [3.63, 3.8) is 0 Å². The van der Waals surface area contributed by atoms with Gasteiger partial charge in [-0.1, -0.05) is 36.4 Å². The van der Waals surface area contributed by atoms with Crippen molar-refractivity contribution in [2.45, 2.75) is 44.2 Å². The van der Waals surface area contributed by atoms with Gasteiger partial charge < -0.3 is 8.85 Å². The molecular formula is C24H30O2SSi2. The summed E-state index contributed by atoms with van der Waals surface area (Å²) in [4.78, 5) is 0.962. The average molecular weight is 439 g/mol. The van der Waals surface area contributed by atoms with Gasteiger partial charge in [0.2, 0.25) is 16.6 Å². The molecule has 2 nitrogen and oxygen atoms in total. The average Bonchev–Trinajstić information content (AvgIpc) is 2.60. The molecule has 0 saturated carbocycles. The third-order valence-corrected chi connectivity index (χ3v) is 6.27. The molecule has 0 fully saturated rings. The molecule has 0 N–H and O–H groups in total. The standard InChI is InChI=1S/C24H30O2SSi2/c1-28(2,3)25-20-14-10-18(11-15-20)22-8-7-9-23(27)24(22)19-12-16-21(17-13-19)26-29(4,5)6/h7-17,27H,1-6H3. The van der Waals surface area contributed by atoms with Gasteiger partial charge in [0, 0.05) is 10.5 Å². The fourth-order valence-electron chi connectivity index (χ4n) is 3.18. The molecular weight excluding hydrogens is 409 g/mol. The van der Waals surface area contributed by atoms with Crippen LogP contribution >= 0.6 is 12.6 Å². The summed E-state index contributed by atoms with van der Waals surface area (Å²) in [5.41, 5.74) is 4.59. The van der Waals surface area contributed by atoms with Crippen LogP contribution in [0.25, 0.3) is 22.3 Å². The molecule has 3 rings (SSSR count). The van der Waals surface area contributed by atoms with Crippen molar-refractivity contribution in [1.29, 1.82) is 0 Å². The van der Waals surface area contributed by atoms with Crippen LogP contribution in [0.15, 0.2) is 71.6 Å². The molecule has 0 atom stereocenters. The van der Waals surface area contributed by atoms with Gasteiger partial charge in [-0.3, -0.25) is 0 Å². The zero-order valence-electron chi connectivity index (χ0n) is 18.1. The van der Waals surface area contributed by atoms with E-state index in [1.165, 1.54) is 0 Å². The summed E-state index contributed by atoms with van der Waals surface area (Å²) >= 11 is 4.76. The first-order valence-corrected chi connectivity index (χ1v) is 17.2. The first kappa shape index (κ1) is 21.7. The Kier molecular flexibility index (Phi) is 6.31. The van der Waals surface area contributed by atoms with E-state index >= 15 is 0 Å². The highest BCUT2D eigenvalue weighted by atomic mass is 32.1. The first-order valence-electron chi connectivity index (χ1n) is 9.93. The maximum atomic E-state index is 6.10. The summed E-state index contributed by atoms with van der Waals surface area (Å²) in [6.45, 7) is 13.2. The van der Waals surface area contributed by atoms with E-state index < -0.39 is 16.6 Å². The van der Waals surface area contributed by atoms with Crippen molar-refractivity contribution in [3.8, 4) is 33.8 Å². The summed E-state index contributed by atoms with van der Waals surface area (Å²) in [6.07, 6.45) is 0. The molecule has 0 radical (unpaired) electrons. The fraction of sp³-hybridized carbons (Fsp3) is 0.250. The zero-order valence-corrected chi connectivity index (χ0v) is 21.0. The summed E-state index contributed by atoms with van der Waals surface area (Å²) in [5.74, 6) is 1.86. The van der Waals surface area contributed by atoms with Crippen LogP contribution in [-0.4, -0.2) is 16.6 Å². The molecule has 0 aliphatic carbocycles. The molecule has 152 valence electrons. The number of rotatable bonds is 6. The summed E-state index contributed by atoms with van der Waals surface area (Å²) in [5, 5.41) is 0. The fourth-order valence-corrected chi connectivity index (χ4v) is 5.21. The topological polar surface area (TPSA) is 18.5 Å². The lowest BCUT2D eigenvalue weighted by Gasteiger charge is -2.20. The van der Waals surface area contributed by atoms with Gasteiger partial charge in [-0.25, -0.2) is 0 Å².